The third kappa shape index (κ3) is 5.61. The molecule has 7 nitrogen and oxygen atoms in total. The molecule has 1 aliphatic rings. The summed E-state index contributed by atoms with van der Waals surface area (Å²) in [7, 11) is -3.52. The molecule has 1 atom stereocenters. The van der Waals surface area contributed by atoms with Gasteiger partial charge in [0.25, 0.3) is 0 Å². The van der Waals surface area contributed by atoms with Crippen LogP contribution in [0.5, 0.6) is 0 Å². The zero-order valence-corrected chi connectivity index (χ0v) is 18.8. The molecule has 0 aromatic carbocycles. The normalized spacial score (nSPS) is 16.4. The van der Waals surface area contributed by atoms with Gasteiger partial charge in [0, 0.05) is 25.5 Å². The third-order valence-corrected chi connectivity index (χ3v) is 7.81. The molecule has 1 unspecified atom stereocenters. The van der Waals surface area contributed by atoms with Gasteiger partial charge in [0.15, 0.2) is 5.82 Å². The number of carbonyl (C=O) groups excluding carboxylic acids is 1. The molecule has 1 amide bonds. The van der Waals surface area contributed by atoms with Crippen molar-refractivity contribution < 1.29 is 13.2 Å². The Morgan fingerprint density at radius 3 is 2.52 bits per heavy atom. The quantitative estimate of drug-likeness (QED) is 0.633. The summed E-state index contributed by atoms with van der Waals surface area (Å²) in [6, 6.07) is 4.63. The smallest absolute Gasteiger partial charge is 0.244 e. The van der Waals surface area contributed by atoms with Gasteiger partial charge in [-0.05, 0) is 38.0 Å². The lowest BCUT2D eigenvalue weighted by Gasteiger charge is -2.25. The van der Waals surface area contributed by atoms with Crippen molar-refractivity contribution in [2.24, 2.45) is 0 Å². The first-order valence-corrected chi connectivity index (χ1v) is 12.1. The standard InChI is InChI=1S/C18H20Cl2N4O3S2/c1-12(18(25)23-17-15(20)9-13(19)10-22-17)28-16-6-5-14(11-21-16)29(26,27)24-7-3-2-4-8-24/h5-6,9-12H,2-4,7-8H2,1H3,(H,22,23,25). The first-order chi connectivity index (χ1) is 13.8. The van der Waals surface area contributed by atoms with Crippen molar-refractivity contribution in [2.45, 2.75) is 41.4 Å². The van der Waals surface area contributed by atoms with E-state index in [1.165, 1.54) is 40.6 Å². The number of amides is 1. The molecular formula is C18H20Cl2N4O3S2. The van der Waals surface area contributed by atoms with Crippen LogP contribution in [0.2, 0.25) is 10.0 Å². The summed E-state index contributed by atoms with van der Waals surface area (Å²) in [5.41, 5.74) is 0. The largest absolute Gasteiger partial charge is 0.308 e. The molecule has 1 saturated heterocycles. The molecule has 29 heavy (non-hydrogen) atoms. The Balaban J connectivity index is 1.63. The molecule has 0 bridgehead atoms. The van der Waals surface area contributed by atoms with Gasteiger partial charge in [-0.15, -0.1) is 0 Å². The number of sulfonamides is 1. The molecule has 0 radical (unpaired) electrons. The number of anilines is 1. The SMILES string of the molecule is CC(Sc1ccc(S(=O)(=O)N2CCCCC2)cn1)C(=O)Nc1ncc(Cl)cc1Cl. The van der Waals surface area contributed by atoms with Gasteiger partial charge in [-0.2, -0.15) is 4.31 Å². The Hall–Kier alpha value is -1.39. The maximum atomic E-state index is 12.7. The molecule has 3 heterocycles. The van der Waals surface area contributed by atoms with Crippen molar-refractivity contribution in [3.63, 3.8) is 0 Å². The average Bonchev–Trinajstić information content (AvgIpc) is 2.71. The minimum Gasteiger partial charge on any atom is -0.308 e. The summed E-state index contributed by atoms with van der Waals surface area (Å²) in [5, 5.41) is 3.31. The van der Waals surface area contributed by atoms with Gasteiger partial charge < -0.3 is 5.32 Å². The number of aromatic nitrogens is 2. The number of thioether (sulfide) groups is 1. The predicted molar refractivity (Wildman–Crippen MR) is 115 cm³/mol. The van der Waals surface area contributed by atoms with Crippen LogP contribution >= 0.6 is 35.0 Å². The van der Waals surface area contributed by atoms with Crippen LogP contribution < -0.4 is 5.32 Å². The molecule has 0 saturated carbocycles. The Morgan fingerprint density at radius 1 is 1.17 bits per heavy atom. The van der Waals surface area contributed by atoms with Gasteiger partial charge in [-0.25, -0.2) is 18.4 Å². The number of nitrogens with one attached hydrogen (secondary N) is 1. The highest BCUT2D eigenvalue weighted by Gasteiger charge is 2.26. The number of nitrogens with zero attached hydrogens (tertiary/aromatic N) is 3. The minimum atomic E-state index is -3.52. The van der Waals surface area contributed by atoms with E-state index < -0.39 is 15.3 Å². The maximum absolute atomic E-state index is 12.7. The van der Waals surface area contributed by atoms with Gasteiger partial charge in [0.2, 0.25) is 15.9 Å². The van der Waals surface area contributed by atoms with Crippen molar-refractivity contribution in [1.82, 2.24) is 14.3 Å². The Bertz CT molecular complexity index is 981. The lowest BCUT2D eigenvalue weighted by atomic mass is 10.2. The average molecular weight is 475 g/mol. The third-order valence-electron chi connectivity index (χ3n) is 4.38. The van der Waals surface area contributed by atoms with Gasteiger partial charge in [-0.3, -0.25) is 4.79 Å². The van der Waals surface area contributed by atoms with E-state index in [1.54, 1.807) is 13.0 Å². The van der Waals surface area contributed by atoms with E-state index >= 15 is 0 Å². The van der Waals surface area contributed by atoms with E-state index in [0.717, 1.165) is 19.3 Å². The fraction of sp³-hybridized carbons (Fsp3) is 0.389. The van der Waals surface area contributed by atoms with Crippen LogP contribution in [-0.2, 0) is 14.8 Å². The molecule has 1 aliphatic heterocycles. The van der Waals surface area contributed by atoms with Gasteiger partial charge in [-0.1, -0.05) is 41.4 Å². The molecule has 11 heteroatoms. The van der Waals surface area contributed by atoms with Crippen LogP contribution in [0.15, 0.2) is 40.5 Å². The summed E-state index contributed by atoms with van der Waals surface area (Å²) in [6.07, 6.45) is 5.54. The highest BCUT2D eigenvalue weighted by Crippen LogP contribution is 2.27. The highest BCUT2D eigenvalue weighted by atomic mass is 35.5. The zero-order valence-electron chi connectivity index (χ0n) is 15.6. The number of carbonyl (C=O) groups is 1. The molecular weight excluding hydrogens is 455 g/mol. The molecule has 2 aromatic heterocycles. The van der Waals surface area contributed by atoms with Crippen LogP contribution in [0.3, 0.4) is 0 Å². The molecule has 1 N–H and O–H groups in total. The number of hydrogen-bond acceptors (Lipinski definition) is 6. The first kappa shape index (κ1) is 22.3. The summed E-state index contributed by atoms with van der Waals surface area (Å²) in [5.74, 6) is -0.0806. The van der Waals surface area contributed by atoms with Crippen LogP contribution in [-0.4, -0.2) is 46.9 Å². The monoisotopic (exact) mass is 474 g/mol. The lowest BCUT2D eigenvalue weighted by molar-refractivity contribution is -0.115. The summed E-state index contributed by atoms with van der Waals surface area (Å²) >= 11 is 13.0. The van der Waals surface area contributed by atoms with Crippen LogP contribution in [0.25, 0.3) is 0 Å². The second-order valence-electron chi connectivity index (χ2n) is 6.53. The fourth-order valence-electron chi connectivity index (χ4n) is 2.80. The van der Waals surface area contributed by atoms with E-state index in [9.17, 15) is 13.2 Å². The number of piperidine rings is 1. The van der Waals surface area contributed by atoms with E-state index in [0.29, 0.717) is 23.1 Å². The number of rotatable bonds is 6. The summed E-state index contributed by atoms with van der Waals surface area (Å²) in [6.45, 7) is 2.79. The minimum absolute atomic E-state index is 0.165. The Labute approximate surface area is 184 Å². The van der Waals surface area contributed by atoms with E-state index in [4.69, 9.17) is 23.2 Å². The van der Waals surface area contributed by atoms with E-state index in [2.05, 4.69) is 15.3 Å². The van der Waals surface area contributed by atoms with Gasteiger partial charge in [0.05, 0.1) is 20.3 Å². The maximum Gasteiger partial charge on any atom is 0.244 e. The fourth-order valence-corrected chi connectivity index (χ4v) is 5.48. The summed E-state index contributed by atoms with van der Waals surface area (Å²) in [4.78, 5) is 20.8. The van der Waals surface area contributed by atoms with Crippen LogP contribution in [0, 0.1) is 0 Å². The van der Waals surface area contributed by atoms with Crippen molar-refractivity contribution in [1.29, 1.82) is 0 Å². The number of pyridine rings is 2. The molecule has 3 rings (SSSR count). The topological polar surface area (TPSA) is 92.3 Å². The van der Waals surface area contributed by atoms with Crippen molar-refractivity contribution in [3.05, 3.63) is 40.6 Å². The van der Waals surface area contributed by atoms with Gasteiger partial charge in [0.1, 0.15) is 4.90 Å². The lowest BCUT2D eigenvalue weighted by Crippen LogP contribution is -2.35. The second-order valence-corrected chi connectivity index (χ2v) is 10.7. The second kappa shape index (κ2) is 9.61. The van der Waals surface area contributed by atoms with E-state index in [-0.39, 0.29) is 21.6 Å². The molecule has 1 fully saturated rings. The Morgan fingerprint density at radius 2 is 1.90 bits per heavy atom. The highest BCUT2D eigenvalue weighted by molar-refractivity contribution is 8.00. The molecule has 0 spiro atoms. The van der Waals surface area contributed by atoms with Crippen LogP contribution in [0.1, 0.15) is 26.2 Å². The molecule has 2 aromatic rings. The number of halogens is 2. The Kier molecular flexibility index (Phi) is 7.39. The van der Waals surface area contributed by atoms with Crippen molar-refractivity contribution in [2.75, 3.05) is 18.4 Å². The first-order valence-electron chi connectivity index (χ1n) is 9.02. The van der Waals surface area contributed by atoms with Gasteiger partial charge >= 0.3 is 0 Å². The van der Waals surface area contributed by atoms with Crippen LogP contribution in [0.4, 0.5) is 5.82 Å². The predicted octanol–water partition coefficient (Wildman–Crippen LogP) is 4.08. The summed E-state index contributed by atoms with van der Waals surface area (Å²) < 4.78 is 26.8. The number of hydrogen-bond donors (Lipinski definition) is 1. The van der Waals surface area contributed by atoms with Crippen molar-refractivity contribution in [3.8, 4) is 0 Å². The molecule has 0 aliphatic carbocycles. The van der Waals surface area contributed by atoms with E-state index in [1.807, 2.05) is 0 Å². The molecule has 156 valence electrons. The zero-order chi connectivity index (χ0) is 21.0. The van der Waals surface area contributed by atoms with Crippen molar-refractivity contribution >= 4 is 56.7 Å².